The molecule has 0 bridgehead atoms. The average molecular weight is 203 g/mol. The zero-order valence-electron chi connectivity index (χ0n) is 8.14. The van der Waals surface area contributed by atoms with Crippen molar-refractivity contribution >= 4 is 11.8 Å². The fourth-order valence-electron chi connectivity index (χ4n) is 1.38. The third kappa shape index (κ3) is 1.40. The predicted molar refractivity (Wildman–Crippen MR) is 52.8 cm³/mol. The number of rotatable bonds is 2. The van der Waals surface area contributed by atoms with Crippen molar-refractivity contribution < 1.29 is 14.4 Å². The second kappa shape index (κ2) is 3.57. The standard InChI is InChI=1S/C11H9NO3/c1-2-7-15-12-10(13)8-5-3-4-6-9(8)11(12)14/h2-7H,1H3. The quantitative estimate of drug-likeness (QED) is 0.543. The number of hydrogen-bond acceptors (Lipinski definition) is 3. The van der Waals surface area contributed by atoms with E-state index in [0.29, 0.717) is 11.1 Å². The fourth-order valence-corrected chi connectivity index (χ4v) is 1.38. The van der Waals surface area contributed by atoms with Gasteiger partial charge in [-0.2, -0.15) is 0 Å². The van der Waals surface area contributed by atoms with Crippen LogP contribution in [0.2, 0.25) is 0 Å². The Kier molecular flexibility index (Phi) is 2.25. The van der Waals surface area contributed by atoms with Crippen LogP contribution in [0.4, 0.5) is 0 Å². The number of hydroxylamine groups is 2. The third-order valence-corrected chi connectivity index (χ3v) is 2.06. The summed E-state index contributed by atoms with van der Waals surface area (Å²) in [7, 11) is 0. The Labute approximate surface area is 86.7 Å². The first kappa shape index (κ1) is 9.45. The van der Waals surface area contributed by atoms with Gasteiger partial charge in [0.15, 0.2) is 0 Å². The number of nitrogens with zero attached hydrogens (tertiary/aromatic N) is 1. The molecule has 1 aliphatic heterocycles. The van der Waals surface area contributed by atoms with Gasteiger partial charge in [-0.1, -0.05) is 17.2 Å². The number of carbonyl (C=O) groups is 2. The molecule has 0 spiro atoms. The van der Waals surface area contributed by atoms with Crippen molar-refractivity contribution in [1.29, 1.82) is 0 Å². The van der Waals surface area contributed by atoms with E-state index >= 15 is 0 Å². The van der Waals surface area contributed by atoms with Crippen molar-refractivity contribution in [2.45, 2.75) is 6.92 Å². The number of hydrogen-bond donors (Lipinski definition) is 0. The maximum absolute atomic E-state index is 11.7. The van der Waals surface area contributed by atoms with Crippen LogP contribution in [-0.4, -0.2) is 16.9 Å². The Hall–Kier alpha value is -2.10. The molecule has 76 valence electrons. The average Bonchev–Trinajstić information content (AvgIpc) is 2.51. The van der Waals surface area contributed by atoms with Crippen LogP contribution in [0, 0.1) is 0 Å². The van der Waals surface area contributed by atoms with E-state index in [9.17, 15) is 9.59 Å². The Bertz CT molecular complexity index is 416. The lowest BCUT2D eigenvalue weighted by atomic mass is 10.1. The highest BCUT2D eigenvalue weighted by Gasteiger charge is 2.36. The van der Waals surface area contributed by atoms with Gasteiger partial charge >= 0.3 is 0 Å². The van der Waals surface area contributed by atoms with Crippen molar-refractivity contribution in [3.8, 4) is 0 Å². The van der Waals surface area contributed by atoms with Crippen LogP contribution in [0.1, 0.15) is 27.6 Å². The highest BCUT2D eigenvalue weighted by Crippen LogP contribution is 2.22. The van der Waals surface area contributed by atoms with E-state index in [4.69, 9.17) is 4.84 Å². The number of amides is 2. The summed E-state index contributed by atoms with van der Waals surface area (Å²) >= 11 is 0. The molecule has 0 N–H and O–H groups in total. The molecule has 1 heterocycles. The Morgan fingerprint density at radius 1 is 1.13 bits per heavy atom. The van der Waals surface area contributed by atoms with E-state index in [0.717, 1.165) is 5.06 Å². The minimum atomic E-state index is -0.422. The molecule has 0 unspecified atom stereocenters. The highest BCUT2D eigenvalue weighted by molar-refractivity contribution is 6.20. The molecular weight excluding hydrogens is 194 g/mol. The molecule has 0 atom stereocenters. The Morgan fingerprint density at radius 3 is 2.13 bits per heavy atom. The second-order valence-electron chi connectivity index (χ2n) is 3.03. The summed E-state index contributed by atoms with van der Waals surface area (Å²) in [6.45, 7) is 1.73. The normalized spacial score (nSPS) is 14.9. The summed E-state index contributed by atoms with van der Waals surface area (Å²) in [4.78, 5) is 28.2. The van der Waals surface area contributed by atoms with Gasteiger partial charge in [0.1, 0.15) is 6.26 Å². The van der Waals surface area contributed by atoms with Gasteiger partial charge in [0, 0.05) is 0 Å². The summed E-state index contributed by atoms with van der Waals surface area (Å²) in [5, 5.41) is 0.755. The van der Waals surface area contributed by atoms with Crippen LogP contribution in [-0.2, 0) is 4.84 Å². The lowest BCUT2D eigenvalue weighted by molar-refractivity contribution is -0.0428. The van der Waals surface area contributed by atoms with Gasteiger partial charge in [-0.3, -0.25) is 9.59 Å². The van der Waals surface area contributed by atoms with Gasteiger partial charge in [0.2, 0.25) is 0 Å². The van der Waals surface area contributed by atoms with Gasteiger partial charge < -0.3 is 4.84 Å². The minimum absolute atomic E-state index is 0.381. The first-order valence-corrected chi connectivity index (χ1v) is 4.51. The van der Waals surface area contributed by atoms with Crippen molar-refractivity contribution in [3.05, 3.63) is 47.7 Å². The molecule has 1 aromatic carbocycles. The van der Waals surface area contributed by atoms with E-state index < -0.39 is 11.8 Å². The van der Waals surface area contributed by atoms with Gasteiger partial charge in [0.25, 0.3) is 11.8 Å². The zero-order chi connectivity index (χ0) is 10.8. The molecule has 2 amide bonds. The number of benzene rings is 1. The molecule has 4 heteroatoms. The van der Waals surface area contributed by atoms with Gasteiger partial charge in [-0.15, -0.1) is 0 Å². The highest BCUT2D eigenvalue weighted by atomic mass is 16.7. The van der Waals surface area contributed by atoms with E-state index in [1.54, 1.807) is 37.3 Å². The molecule has 2 rings (SSSR count). The SMILES string of the molecule is CC=CON1C(=O)c2ccccc2C1=O. The molecule has 15 heavy (non-hydrogen) atoms. The fraction of sp³-hybridized carbons (Fsp3) is 0.0909. The van der Waals surface area contributed by atoms with Crippen molar-refractivity contribution in [3.63, 3.8) is 0 Å². The van der Waals surface area contributed by atoms with Crippen molar-refractivity contribution in [2.24, 2.45) is 0 Å². The molecule has 1 aromatic rings. The van der Waals surface area contributed by atoms with E-state index in [1.807, 2.05) is 0 Å². The maximum atomic E-state index is 11.7. The van der Waals surface area contributed by atoms with E-state index in [2.05, 4.69) is 0 Å². The molecule has 0 aliphatic carbocycles. The van der Waals surface area contributed by atoms with Gasteiger partial charge in [-0.05, 0) is 25.1 Å². The van der Waals surface area contributed by atoms with Crippen molar-refractivity contribution in [2.75, 3.05) is 0 Å². The number of carbonyl (C=O) groups excluding carboxylic acids is 2. The molecule has 0 saturated carbocycles. The largest absolute Gasteiger partial charge is 0.377 e. The van der Waals surface area contributed by atoms with Crippen LogP contribution in [0.5, 0.6) is 0 Å². The third-order valence-electron chi connectivity index (χ3n) is 2.06. The summed E-state index contributed by atoms with van der Waals surface area (Å²) in [6.07, 6.45) is 2.89. The summed E-state index contributed by atoms with van der Waals surface area (Å²) < 4.78 is 0. The topological polar surface area (TPSA) is 46.6 Å². The molecule has 0 saturated heterocycles. The predicted octanol–water partition coefficient (Wildman–Crippen LogP) is 1.75. The van der Waals surface area contributed by atoms with Crippen LogP contribution < -0.4 is 0 Å². The van der Waals surface area contributed by atoms with Gasteiger partial charge in [-0.25, -0.2) is 0 Å². The summed E-state index contributed by atoms with van der Waals surface area (Å²) in [6, 6.07) is 6.63. The number of imide groups is 1. The smallest absolute Gasteiger partial charge is 0.295 e. The molecule has 1 aliphatic rings. The second-order valence-corrected chi connectivity index (χ2v) is 3.03. The van der Waals surface area contributed by atoms with E-state index in [1.165, 1.54) is 6.26 Å². The van der Waals surface area contributed by atoms with Crippen LogP contribution in [0.3, 0.4) is 0 Å². The lowest BCUT2D eigenvalue weighted by Crippen LogP contribution is -2.27. The van der Waals surface area contributed by atoms with Crippen LogP contribution in [0.15, 0.2) is 36.6 Å². The zero-order valence-corrected chi connectivity index (χ0v) is 8.14. The van der Waals surface area contributed by atoms with Gasteiger partial charge in [0.05, 0.1) is 11.1 Å². The van der Waals surface area contributed by atoms with Crippen LogP contribution in [0.25, 0.3) is 0 Å². The lowest BCUT2D eigenvalue weighted by Gasteiger charge is -2.09. The van der Waals surface area contributed by atoms with Crippen LogP contribution >= 0.6 is 0 Å². The molecule has 0 fully saturated rings. The molecule has 0 aromatic heterocycles. The Morgan fingerprint density at radius 2 is 1.67 bits per heavy atom. The molecular formula is C11H9NO3. The Balaban J connectivity index is 2.37. The minimum Gasteiger partial charge on any atom is -0.377 e. The summed E-state index contributed by atoms with van der Waals surface area (Å²) in [5.74, 6) is -0.845. The summed E-state index contributed by atoms with van der Waals surface area (Å²) in [5.41, 5.74) is 0.763. The maximum Gasteiger partial charge on any atom is 0.295 e. The first-order valence-electron chi connectivity index (χ1n) is 4.51. The monoisotopic (exact) mass is 203 g/mol. The first-order chi connectivity index (χ1) is 7.25. The number of fused-ring (bicyclic) bond motifs is 1. The molecule has 0 radical (unpaired) electrons. The van der Waals surface area contributed by atoms with Crippen molar-refractivity contribution in [1.82, 2.24) is 5.06 Å². The molecule has 4 nitrogen and oxygen atoms in total. The number of allylic oxidation sites excluding steroid dienone is 1. The van der Waals surface area contributed by atoms with E-state index in [-0.39, 0.29) is 0 Å².